The first kappa shape index (κ1) is 30.5. The molecule has 1 aliphatic carbocycles. The predicted molar refractivity (Wildman–Crippen MR) is 156 cm³/mol. The summed E-state index contributed by atoms with van der Waals surface area (Å²) >= 11 is 0. The summed E-state index contributed by atoms with van der Waals surface area (Å²) in [6.07, 6.45) is -0.600. The Morgan fingerprint density at radius 1 is 0.977 bits per heavy atom. The van der Waals surface area contributed by atoms with Crippen LogP contribution in [-0.2, 0) is 17.5 Å². The molecule has 1 N–H and O–H groups in total. The molecule has 7 nitrogen and oxygen atoms in total. The molecule has 3 aromatic carbocycles. The lowest BCUT2D eigenvalue weighted by atomic mass is 9.79. The number of amides is 2. The van der Waals surface area contributed by atoms with Gasteiger partial charge in [0.2, 0.25) is 0 Å². The number of benzene rings is 3. The van der Waals surface area contributed by atoms with Crippen molar-refractivity contribution in [3.63, 3.8) is 0 Å². The quantitative estimate of drug-likeness (QED) is 0.297. The number of ketones is 1. The fraction of sp³-hybridized carbons (Fsp3) is 0.294. The molecule has 1 saturated carbocycles. The number of anilines is 1. The van der Waals surface area contributed by atoms with Crippen molar-refractivity contribution in [1.29, 1.82) is 5.26 Å². The van der Waals surface area contributed by atoms with E-state index in [0.29, 0.717) is 29.5 Å². The second kappa shape index (κ2) is 12.4. The molecule has 2 aliphatic rings. The molecule has 1 heterocycles. The van der Waals surface area contributed by atoms with Gasteiger partial charge in [0.25, 0.3) is 0 Å². The van der Waals surface area contributed by atoms with Crippen LogP contribution in [0.15, 0.2) is 84.1 Å². The van der Waals surface area contributed by atoms with Crippen molar-refractivity contribution >= 4 is 23.5 Å². The highest BCUT2D eigenvalue weighted by Gasteiger charge is 2.44. The zero-order valence-electron chi connectivity index (χ0n) is 24.0. The number of carbonyl (C=O) groups excluding carboxylic acids is 2. The number of nitriles is 1. The Morgan fingerprint density at radius 3 is 2.30 bits per heavy atom. The number of hydrogen-bond donors (Lipinski definition) is 1. The van der Waals surface area contributed by atoms with E-state index in [1.807, 2.05) is 0 Å². The summed E-state index contributed by atoms with van der Waals surface area (Å²) in [7, 11) is 0. The van der Waals surface area contributed by atoms with Gasteiger partial charge in [0.05, 0.1) is 34.5 Å². The average molecular weight is 602 g/mol. The van der Waals surface area contributed by atoms with Gasteiger partial charge in [-0.3, -0.25) is 9.69 Å². The van der Waals surface area contributed by atoms with E-state index in [9.17, 15) is 37.9 Å². The number of rotatable bonds is 7. The number of aromatic carboxylic acids is 1. The number of allylic oxidation sites excluding steroid dienone is 1. The molecule has 0 saturated heterocycles. The summed E-state index contributed by atoms with van der Waals surface area (Å²) in [6, 6.07) is 17.4. The maximum atomic E-state index is 14.4. The topological polar surface area (TPSA) is 102 Å². The van der Waals surface area contributed by atoms with Crippen LogP contribution < -0.4 is 4.90 Å². The van der Waals surface area contributed by atoms with E-state index in [2.05, 4.69) is 6.07 Å². The van der Waals surface area contributed by atoms with Gasteiger partial charge >= 0.3 is 18.2 Å². The van der Waals surface area contributed by atoms with E-state index in [-0.39, 0.29) is 40.8 Å². The smallest absolute Gasteiger partial charge is 0.416 e. The van der Waals surface area contributed by atoms with Gasteiger partial charge < -0.3 is 10.0 Å². The monoisotopic (exact) mass is 601 g/mol. The molecule has 0 radical (unpaired) electrons. The molecule has 0 aromatic heterocycles. The molecule has 2 amide bonds. The molecule has 1 fully saturated rings. The second-order valence-corrected chi connectivity index (χ2v) is 11.1. The maximum Gasteiger partial charge on any atom is 0.416 e. The average Bonchev–Trinajstić information content (AvgIpc) is 3.02. The summed E-state index contributed by atoms with van der Waals surface area (Å²) in [5.74, 6) is -1.65. The SMILES string of the molecule is CC1=C(C(=O)C2CCCCC2)C(c2ccc(C#N)cc2)N(Cc2cccc(C(=O)O)c2)C(=O)N1c1cccc(C(F)(F)F)c1. The van der Waals surface area contributed by atoms with Crippen LogP contribution in [0.1, 0.15) is 77.7 Å². The summed E-state index contributed by atoms with van der Waals surface area (Å²) in [5.41, 5.74) is 0.927. The molecule has 44 heavy (non-hydrogen) atoms. The van der Waals surface area contributed by atoms with Crippen molar-refractivity contribution in [2.24, 2.45) is 5.92 Å². The van der Waals surface area contributed by atoms with Crippen LogP contribution in [0.25, 0.3) is 0 Å². The fourth-order valence-electron chi connectivity index (χ4n) is 6.12. The van der Waals surface area contributed by atoms with Crippen molar-refractivity contribution < 1.29 is 32.7 Å². The summed E-state index contributed by atoms with van der Waals surface area (Å²) < 4.78 is 41.2. The fourth-order valence-corrected chi connectivity index (χ4v) is 6.12. The molecule has 0 spiro atoms. The predicted octanol–water partition coefficient (Wildman–Crippen LogP) is 7.88. The minimum Gasteiger partial charge on any atom is -0.478 e. The Morgan fingerprint density at radius 2 is 1.66 bits per heavy atom. The van der Waals surface area contributed by atoms with Crippen molar-refractivity contribution in [3.8, 4) is 6.07 Å². The van der Waals surface area contributed by atoms with Crippen LogP contribution in [-0.4, -0.2) is 27.8 Å². The third-order valence-electron chi connectivity index (χ3n) is 8.30. The molecule has 1 aliphatic heterocycles. The largest absolute Gasteiger partial charge is 0.478 e. The van der Waals surface area contributed by atoms with Crippen LogP contribution in [0, 0.1) is 17.2 Å². The third kappa shape index (κ3) is 6.09. The third-order valence-corrected chi connectivity index (χ3v) is 8.30. The first-order valence-corrected chi connectivity index (χ1v) is 14.3. The van der Waals surface area contributed by atoms with Gasteiger partial charge in [0.1, 0.15) is 0 Å². The number of urea groups is 1. The molecule has 5 rings (SSSR count). The lowest BCUT2D eigenvalue weighted by Crippen LogP contribution is -2.51. The van der Waals surface area contributed by atoms with Gasteiger partial charge in [-0.1, -0.05) is 49.6 Å². The molecule has 1 atom stereocenters. The summed E-state index contributed by atoms with van der Waals surface area (Å²) in [5, 5.41) is 18.9. The van der Waals surface area contributed by atoms with E-state index in [1.165, 1.54) is 29.2 Å². The van der Waals surface area contributed by atoms with Crippen LogP contribution >= 0.6 is 0 Å². The second-order valence-electron chi connectivity index (χ2n) is 11.1. The maximum absolute atomic E-state index is 14.4. The number of hydrogen-bond acceptors (Lipinski definition) is 4. The molecule has 1 unspecified atom stereocenters. The van der Waals surface area contributed by atoms with E-state index in [1.54, 1.807) is 43.3 Å². The van der Waals surface area contributed by atoms with E-state index < -0.39 is 29.8 Å². The molecule has 0 bridgehead atoms. The Labute approximate surface area is 252 Å². The minimum absolute atomic E-state index is 0.00171. The minimum atomic E-state index is -4.66. The van der Waals surface area contributed by atoms with Gasteiger partial charge in [-0.25, -0.2) is 9.59 Å². The van der Waals surface area contributed by atoms with Crippen LogP contribution in [0.3, 0.4) is 0 Å². The lowest BCUT2D eigenvalue weighted by molar-refractivity contribution is -0.137. The van der Waals surface area contributed by atoms with Crippen LogP contribution in [0.5, 0.6) is 0 Å². The Balaban J connectivity index is 1.73. The molecule has 226 valence electrons. The van der Waals surface area contributed by atoms with Gasteiger partial charge in [-0.05, 0) is 73.4 Å². The first-order valence-electron chi connectivity index (χ1n) is 14.3. The Kier molecular flexibility index (Phi) is 8.59. The van der Waals surface area contributed by atoms with Gasteiger partial charge in [0, 0.05) is 23.7 Å². The van der Waals surface area contributed by atoms with Crippen molar-refractivity contribution in [3.05, 3.63) is 112 Å². The van der Waals surface area contributed by atoms with Gasteiger partial charge in [-0.15, -0.1) is 0 Å². The normalized spacial score (nSPS) is 17.9. The van der Waals surface area contributed by atoms with Gasteiger partial charge in [0.15, 0.2) is 5.78 Å². The standard InChI is InChI=1S/C34H30F3N3O4/c1-21-29(31(41)25-8-3-2-4-9-25)30(24-15-13-22(19-38)14-16-24)39(20-23-7-5-10-26(17-23)32(42)43)33(44)40(21)28-12-6-11-27(18-28)34(35,36)37/h5-7,10-18,25,30H,2-4,8-9,20H2,1H3,(H,42,43). The van der Waals surface area contributed by atoms with E-state index >= 15 is 0 Å². The zero-order valence-corrected chi connectivity index (χ0v) is 24.0. The highest BCUT2D eigenvalue weighted by atomic mass is 19.4. The van der Waals surface area contributed by atoms with E-state index in [4.69, 9.17) is 0 Å². The van der Waals surface area contributed by atoms with Crippen molar-refractivity contribution in [2.75, 3.05) is 4.90 Å². The number of carbonyl (C=O) groups is 3. The number of alkyl halides is 3. The first-order chi connectivity index (χ1) is 21.0. The van der Waals surface area contributed by atoms with Crippen molar-refractivity contribution in [1.82, 2.24) is 4.90 Å². The molecular weight excluding hydrogens is 571 g/mol. The Hall–Kier alpha value is -4.91. The summed E-state index contributed by atoms with van der Waals surface area (Å²) in [6.45, 7) is 1.45. The van der Waals surface area contributed by atoms with Crippen LogP contribution in [0.2, 0.25) is 0 Å². The number of carboxylic acids is 1. The molecule has 10 heteroatoms. The Bertz CT molecular complexity index is 1670. The van der Waals surface area contributed by atoms with E-state index in [0.717, 1.165) is 36.3 Å². The highest BCUT2D eigenvalue weighted by Crippen LogP contribution is 2.44. The lowest BCUT2D eigenvalue weighted by Gasteiger charge is -2.44. The zero-order chi connectivity index (χ0) is 31.6. The summed E-state index contributed by atoms with van der Waals surface area (Å²) in [4.78, 5) is 43.1. The number of nitrogens with zero attached hydrogens (tertiary/aromatic N) is 3. The number of Topliss-reactive ketones (excluding diaryl/α,β-unsaturated/α-hetero) is 1. The number of halogens is 3. The molecule has 3 aromatic rings. The molecular formula is C34H30F3N3O4. The van der Waals surface area contributed by atoms with Gasteiger partial charge in [-0.2, -0.15) is 18.4 Å². The number of carboxylic acid groups (broad SMARTS) is 1. The highest BCUT2D eigenvalue weighted by molar-refractivity contribution is 6.06. The van der Waals surface area contributed by atoms with Crippen molar-refractivity contribution in [2.45, 2.75) is 57.8 Å². The van der Waals surface area contributed by atoms with Crippen LogP contribution in [0.4, 0.5) is 23.7 Å².